The maximum absolute atomic E-state index is 13.2. The minimum Gasteiger partial charge on any atom is -0.821 e. The van der Waals surface area contributed by atoms with E-state index >= 15 is 0 Å². The zero-order valence-corrected chi connectivity index (χ0v) is 21.6. The molecule has 1 aliphatic carbocycles. The van der Waals surface area contributed by atoms with Gasteiger partial charge < -0.3 is 24.6 Å². The van der Waals surface area contributed by atoms with Crippen LogP contribution >= 0.6 is 11.6 Å². The van der Waals surface area contributed by atoms with Crippen LogP contribution in [-0.4, -0.2) is 54.0 Å². The summed E-state index contributed by atoms with van der Waals surface area (Å²) >= 11 is 6.41. The van der Waals surface area contributed by atoms with Crippen molar-refractivity contribution in [3.63, 3.8) is 0 Å². The van der Waals surface area contributed by atoms with E-state index in [0.29, 0.717) is 42.9 Å². The smallest absolute Gasteiger partial charge is 0.308 e. The Balaban J connectivity index is 1.40. The van der Waals surface area contributed by atoms with Gasteiger partial charge >= 0.3 is 5.97 Å². The van der Waals surface area contributed by atoms with E-state index in [4.69, 9.17) is 21.1 Å². The quantitative estimate of drug-likeness (QED) is 0.584. The highest BCUT2D eigenvalue weighted by Crippen LogP contribution is 2.46. The zero-order valence-electron chi connectivity index (χ0n) is 20.8. The third-order valence-electron chi connectivity index (χ3n) is 8.62. The van der Waals surface area contributed by atoms with Gasteiger partial charge in [0.25, 0.3) is 5.91 Å². The molecule has 2 heterocycles. The Bertz CT molecular complexity index is 925. The number of carbonyl (C=O) groups is 2. The molecule has 8 atom stereocenters. The molecule has 3 fully saturated rings. The summed E-state index contributed by atoms with van der Waals surface area (Å²) in [5.74, 6) is 0.196. The zero-order chi connectivity index (χ0) is 25.3. The summed E-state index contributed by atoms with van der Waals surface area (Å²) in [5.41, 5.74) is 0.359. The molecule has 2 aliphatic heterocycles. The van der Waals surface area contributed by atoms with Crippen molar-refractivity contribution in [3.05, 3.63) is 28.8 Å². The van der Waals surface area contributed by atoms with Crippen LogP contribution in [0.2, 0.25) is 5.02 Å². The van der Waals surface area contributed by atoms with Gasteiger partial charge in [-0.2, -0.15) is 0 Å². The van der Waals surface area contributed by atoms with Crippen molar-refractivity contribution in [2.24, 2.45) is 35.5 Å². The van der Waals surface area contributed by atoms with E-state index in [1.54, 1.807) is 12.1 Å². The van der Waals surface area contributed by atoms with Gasteiger partial charge in [0.2, 0.25) is 0 Å². The van der Waals surface area contributed by atoms with Crippen molar-refractivity contribution in [1.29, 1.82) is 0 Å². The minimum atomic E-state index is -1.27. The summed E-state index contributed by atoms with van der Waals surface area (Å²) in [7, 11) is 0. The second-order valence-corrected chi connectivity index (χ2v) is 11.2. The average molecular weight is 507 g/mol. The molecule has 1 saturated carbocycles. The average Bonchev–Trinajstić information content (AvgIpc) is 3.24. The third-order valence-corrected chi connectivity index (χ3v) is 8.91. The van der Waals surface area contributed by atoms with Crippen LogP contribution in [0.1, 0.15) is 63.2 Å². The predicted octanol–water partition coefficient (Wildman–Crippen LogP) is 4.07. The molecule has 0 bridgehead atoms. The minimum absolute atomic E-state index is 0.189. The van der Waals surface area contributed by atoms with Crippen molar-refractivity contribution in [1.82, 2.24) is 4.90 Å². The van der Waals surface area contributed by atoms with E-state index in [9.17, 15) is 19.8 Å². The van der Waals surface area contributed by atoms with Gasteiger partial charge in [-0.1, -0.05) is 31.9 Å². The first-order valence-corrected chi connectivity index (χ1v) is 13.3. The van der Waals surface area contributed by atoms with Crippen molar-refractivity contribution in [2.75, 3.05) is 19.7 Å². The van der Waals surface area contributed by atoms with Crippen LogP contribution in [0.25, 0.3) is 0 Å². The lowest BCUT2D eigenvalue weighted by atomic mass is 9.62. The van der Waals surface area contributed by atoms with E-state index in [0.717, 1.165) is 25.7 Å². The second-order valence-electron chi connectivity index (χ2n) is 10.8. The summed E-state index contributed by atoms with van der Waals surface area (Å²) in [6, 6.07) is 4.66. The van der Waals surface area contributed by atoms with Crippen LogP contribution in [0.3, 0.4) is 0 Å². The number of nitrogens with zero attached hydrogens (tertiary/aromatic N) is 1. The Labute approximate surface area is 212 Å². The summed E-state index contributed by atoms with van der Waals surface area (Å²) in [4.78, 5) is 25.5. The second kappa shape index (κ2) is 11.1. The molecule has 2 unspecified atom stereocenters. The Morgan fingerprint density at radius 3 is 2.63 bits per heavy atom. The number of ether oxygens (including phenoxy) is 2. The fraction of sp³-hybridized carbons (Fsp3) is 0.704. The van der Waals surface area contributed by atoms with Crippen LogP contribution in [0, 0.1) is 35.5 Å². The van der Waals surface area contributed by atoms with Gasteiger partial charge in [-0.25, -0.2) is 0 Å². The van der Waals surface area contributed by atoms with Gasteiger partial charge in [0.05, 0.1) is 23.7 Å². The van der Waals surface area contributed by atoms with E-state index in [-0.39, 0.29) is 41.2 Å². The molecule has 194 valence electrons. The molecule has 7 nitrogen and oxygen atoms in total. The number of carboxylic acid groups (broad SMARTS) is 1. The highest BCUT2D eigenvalue weighted by molar-refractivity contribution is 6.32. The number of fused-ring (bicyclic) bond motifs is 1. The topological polar surface area (TPSA) is 99.1 Å². The number of likely N-dealkylation sites (tertiary alicyclic amines) is 1. The number of aliphatic carboxylic acids is 1. The normalized spacial score (nSPS) is 32.9. The molecule has 4 rings (SSSR count). The summed E-state index contributed by atoms with van der Waals surface area (Å²) in [5, 5.41) is 22.6. The third kappa shape index (κ3) is 5.78. The van der Waals surface area contributed by atoms with E-state index < -0.39 is 18.2 Å². The first kappa shape index (κ1) is 26.2. The summed E-state index contributed by atoms with van der Waals surface area (Å²) < 4.78 is 11.9. The molecule has 1 N–H and O–H groups in total. The Kier molecular flexibility index (Phi) is 8.29. The molecule has 1 aromatic rings. The number of benzene rings is 1. The summed E-state index contributed by atoms with van der Waals surface area (Å²) in [6.07, 6.45) is 3.76. The molecule has 0 spiro atoms. The fourth-order valence-corrected chi connectivity index (χ4v) is 6.53. The first-order chi connectivity index (χ1) is 16.7. The Hall–Kier alpha value is -1.83. The molecule has 8 heteroatoms. The van der Waals surface area contributed by atoms with Crippen LogP contribution in [0.4, 0.5) is 0 Å². The van der Waals surface area contributed by atoms with Crippen LogP contribution in [0.5, 0.6) is 5.75 Å². The molecular weight excluding hydrogens is 470 g/mol. The van der Waals surface area contributed by atoms with E-state index in [1.165, 1.54) is 11.0 Å². The van der Waals surface area contributed by atoms with Crippen LogP contribution in [-0.2, 0) is 9.53 Å². The molecule has 2 saturated heterocycles. The highest BCUT2D eigenvalue weighted by Gasteiger charge is 2.42. The lowest BCUT2D eigenvalue weighted by Gasteiger charge is -2.46. The number of hydrogen-bond donors (Lipinski definition) is 1. The Morgan fingerprint density at radius 1 is 1.17 bits per heavy atom. The monoisotopic (exact) mass is 506 g/mol. The molecular formula is C27H37ClNO6-. The van der Waals surface area contributed by atoms with Crippen molar-refractivity contribution in [3.8, 4) is 5.75 Å². The lowest BCUT2D eigenvalue weighted by molar-refractivity contribution is -0.489. The maximum Gasteiger partial charge on any atom is 0.308 e. The van der Waals surface area contributed by atoms with Crippen LogP contribution in [0.15, 0.2) is 18.2 Å². The molecule has 3 aliphatic rings. The van der Waals surface area contributed by atoms with Crippen LogP contribution < -0.4 is 9.84 Å². The SMILES string of the molecule is CC1CC[C@@H]2C(CO1)[C@H]([C@@H](C)[C@H]([O-])Oc1ccc(C(=O)N3CC[C@@H](C(=O)O)C3)cc1Cl)CC[C@H]2C. The molecule has 1 amide bonds. The predicted molar refractivity (Wildman–Crippen MR) is 130 cm³/mol. The van der Waals surface area contributed by atoms with Gasteiger partial charge in [-0.05, 0) is 80.4 Å². The number of carbonyl (C=O) groups excluding carboxylic acids is 1. The van der Waals surface area contributed by atoms with Crippen molar-refractivity contribution >= 4 is 23.5 Å². The maximum atomic E-state index is 13.2. The van der Waals surface area contributed by atoms with Gasteiger partial charge in [-0.15, -0.1) is 0 Å². The van der Waals surface area contributed by atoms with E-state index in [2.05, 4.69) is 13.8 Å². The van der Waals surface area contributed by atoms with Gasteiger partial charge in [0.1, 0.15) is 5.75 Å². The number of rotatable bonds is 6. The summed E-state index contributed by atoms with van der Waals surface area (Å²) in [6.45, 7) is 7.72. The van der Waals surface area contributed by atoms with Crippen molar-refractivity contribution in [2.45, 2.75) is 65.3 Å². The number of hydrogen-bond acceptors (Lipinski definition) is 5. The number of carboxylic acids is 1. The molecule has 1 aromatic carbocycles. The Morgan fingerprint density at radius 2 is 1.94 bits per heavy atom. The number of halogens is 1. The van der Waals surface area contributed by atoms with Crippen molar-refractivity contribution < 1.29 is 29.3 Å². The first-order valence-electron chi connectivity index (χ1n) is 12.9. The molecule has 35 heavy (non-hydrogen) atoms. The number of amides is 1. The van der Waals surface area contributed by atoms with Gasteiger partial charge in [0, 0.05) is 24.9 Å². The van der Waals surface area contributed by atoms with Gasteiger partial charge in [-0.3, -0.25) is 9.59 Å². The molecule has 0 aromatic heterocycles. The lowest BCUT2D eigenvalue weighted by Crippen LogP contribution is -2.47. The highest BCUT2D eigenvalue weighted by atomic mass is 35.5. The standard InChI is InChI=1S/C27H37ClNO6/c1-15-4-7-21(22-14-34-16(2)5-8-20(15)22)17(3)27(33)35-24-9-6-18(12-23(24)28)25(30)29-11-10-19(13-29)26(31)32/h6,9,12,15-17,19-22,27H,4-5,7-8,10-11,13-14H2,1-3H3,(H,31,32)/q-1/t15-,16?,17-,19-,20+,21+,22?,27-/m1/s1. The fourth-order valence-electron chi connectivity index (χ4n) is 6.30. The largest absolute Gasteiger partial charge is 0.821 e. The van der Waals surface area contributed by atoms with E-state index in [1.807, 2.05) is 6.92 Å². The van der Waals surface area contributed by atoms with Gasteiger partial charge in [0.15, 0.2) is 0 Å². The molecule has 0 radical (unpaired) electrons.